The first-order valence-electron chi connectivity index (χ1n) is 3.76. The van der Waals surface area contributed by atoms with Crippen molar-refractivity contribution in [3.8, 4) is 0 Å². The Morgan fingerprint density at radius 1 is 1.50 bits per heavy atom. The normalized spacial score (nSPS) is 14.5. The zero-order chi connectivity index (χ0) is 9.72. The number of carbonyl (C=O) groups is 1. The van der Waals surface area contributed by atoms with E-state index in [2.05, 4.69) is 10.5 Å². The molecule has 0 aromatic heterocycles. The van der Waals surface area contributed by atoms with Crippen LogP contribution in [0.2, 0.25) is 0 Å². The second kappa shape index (κ2) is 4.58. The van der Waals surface area contributed by atoms with Gasteiger partial charge in [0.05, 0.1) is 6.04 Å². The second-order valence-electron chi connectivity index (χ2n) is 2.91. The van der Waals surface area contributed by atoms with E-state index in [0.29, 0.717) is 0 Å². The number of amides is 1. The van der Waals surface area contributed by atoms with Gasteiger partial charge in [-0.25, -0.2) is 0 Å². The van der Waals surface area contributed by atoms with Gasteiger partial charge in [-0.05, 0) is 6.92 Å². The number of rotatable bonds is 3. The molecular weight excluding hydrogens is 158 g/mol. The lowest BCUT2D eigenvalue weighted by atomic mass is 10.2. The zero-order valence-corrected chi connectivity index (χ0v) is 7.53. The molecule has 0 rings (SSSR count). The lowest BCUT2D eigenvalue weighted by Gasteiger charge is -2.13. The van der Waals surface area contributed by atoms with Crippen LogP contribution < -0.4 is 11.1 Å². The third-order valence-corrected chi connectivity index (χ3v) is 1.44. The van der Waals surface area contributed by atoms with Crippen LogP contribution in [0.1, 0.15) is 20.8 Å². The molecule has 0 aliphatic heterocycles. The van der Waals surface area contributed by atoms with Crippen LogP contribution in [0.15, 0.2) is 5.16 Å². The lowest BCUT2D eigenvalue weighted by molar-refractivity contribution is -0.124. The molecule has 0 aliphatic rings. The van der Waals surface area contributed by atoms with E-state index in [1.807, 2.05) is 0 Å². The largest absolute Gasteiger partial charge is 0.409 e. The van der Waals surface area contributed by atoms with Gasteiger partial charge in [-0.1, -0.05) is 19.0 Å². The summed E-state index contributed by atoms with van der Waals surface area (Å²) in [4.78, 5) is 11.1. The predicted octanol–water partition coefficient (Wildman–Crippen LogP) is -0.106. The molecule has 0 saturated heterocycles. The Labute approximate surface area is 71.6 Å². The molecule has 1 unspecified atom stereocenters. The summed E-state index contributed by atoms with van der Waals surface area (Å²) in [5, 5.41) is 13.6. The number of carbonyl (C=O) groups excluding carboxylic acids is 1. The van der Waals surface area contributed by atoms with Gasteiger partial charge < -0.3 is 16.3 Å². The zero-order valence-electron chi connectivity index (χ0n) is 7.53. The van der Waals surface area contributed by atoms with Gasteiger partial charge >= 0.3 is 0 Å². The molecule has 0 fully saturated rings. The molecule has 0 aromatic rings. The Bertz CT molecular complexity index is 189. The van der Waals surface area contributed by atoms with E-state index in [0.717, 1.165) is 0 Å². The van der Waals surface area contributed by atoms with E-state index < -0.39 is 6.04 Å². The van der Waals surface area contributed by atoms with Gasteiger partial charge in [0, 0.05) is 5.92 Å². The summed E-state index contributed by atoms with van der Waals surface area (Å²) in [5.41, 5.74) is 5.25. The molecule has 0 bridgehead atoms. The summed E-state index contributed by atoms with van der Waals surface area (Å²) in [5.74, 6) is -0.211. The van der Waals surface area contributed by atoms with Crippen molar-refractivity contribution in [3.63, 3.8) is 0 Å². The monoisotopic (exact) mass is 173 g/mol. The van der Waals surface area contributed by atoms with Crippen molar-refractivity contribution in [2.45, 2.75) is 26.8 Å². The van der Waals surface area contributed by atoms with Crippen LogP contribution in [0.3, 0.4) is 0 Å². The van der Waals surface area contributed by atoms with Crippen molar-refractivity contribution < 1.29 is 10.0 Å². The van der Waals surface area contributed by atoms with Crippen molar-refractivity contribution >= 4 is 11.7 Å². The predicted molar refractivity (Wildman–Crippen MR) is 45.9 cm³/mol. The maximum atomic E-state index is 11.1. The SMILES string of the molecule is CC(C)C(=O)NC(C)C(N)=NO. The topological polar surface area (TPSA) is 87.7 Å². The standard InChI is InChI=1S/C7H15N3O2/c1-4(2)7(11)9-5(3)6(8)10-12/h4-5,12H,1-3H3,(H2,8,10)(H,9,11). The maximum Gasteiger partial charge on any atom is 0.223 e. The van der Waals surface area contributed by atoms with Crippen molar-refractivity contribution in [1.82, 2.24) is 5.32 Å². The number of hydrogen-bond donors (Lipinski definition) is 3. The molecule has 5 heteroatoms. The summed E-state index contributed by atoms with van der Waals surface area (Å²) in [6.07, 6.45) is 0. The number of hydrogen-bond acceptors (Lipinski definition) is 3. The van der Waals surface area contributed by atoms with Crippen LogP contribution in [-0.4, -0.2) is 23.0 Å². The highest BCUT2D eigenvalue weighted by molar-refractivity contribution is 5.89. The third kappa shape index (κ3) is 3.23. The molecule has 0 heterocycles. The van der Waals surface area contributed by atoms with Crippen molar-refractivity contribution in [3.05, 3.63) is 0 Å². The van der Waals surface area contributed by atoms with Crippen LogP contribution in [0, 0.1) is 5.92 Å². The van der Waals surface area contributed by atoms with Crippen molar-refractivity contribution in [1.29, 1.82) is 0 Å². The van der Waals surface area contributed by atoms with Gasteiger partial charge in [-0.15, -0.1) is 0 Å². The average Bonchev–Trinajstić information content (AvgIpc) is 2.02. The highest BCUT2D eigenvalue weighted by Gasteiger charge is 2.13. The molecule has 12 heavy (non-hydrogen) atoms. The Balaban J connectivity index is 4.01. The number of nitrogens with one attached hydrogen (secondary N) is 1. The minimum atomic E-state index is -0.426. The number of oxime groups is 1. The fourth-order valence-electron chi connectivity index (χ4n) is 0.541. The molecule has 5 nitrogen and oxygen atoms in total. The first-order chi connectivity index (χ1) is 5.49. The van der Waals surface area contributed by atoms with E-state index in [-0.39, 0.29) is 17.7 Å². The molecule has 1 atom stereocenters. The van der Waals surface area contributed by atoms with Crippen LogP contribution in [0.25, 0.3) is 0 Å². The quantitative estimate of drug-likeness (QED) is 0.241. The van der Waals surface area contributed by atoms with Crippen LogP contribution in [0.4, 0.5) is 0 Å². The maximum absolute atomic E-state index is 11.1. The first kappa shape index (κ1) is 10.7. The lowest BCUT2D eigenvalue weighted by Crippen LogP contribution is -2.43. The van der Waals surface area contributed by atoms with E-state index in [1.54, 1.807) is 20.8 Å². The fraction of sp³-hybridized carbons (Fsp3) is 0.714. The van der Waals surface area contributed by atoms with Gasteiger partial charge in [-0.3, -0.25) is 4.79 Å². The average molecular weight is 173 g/mol. The summed E-state index contributed by atoms with van der Waals surface area (Å²) in [6.45, 7) is 5.19. The molecule has 0 spiro atoms. The number of amidine groups is 1. The summed E-state index contributed by atoms with van der Waals surface area (Å²) >= 11 is 0. The first-order valence-corrected chi connectivity index (χ1v) is 3.76. The minimum Gasteiger partial charge on any atom is -0.409 e. The van der Waals surface area contributed by atoms with Gasteiger partial charge in [0.2, 0.25) is 5.91 Å². The Kier molecular flexibility index (Phi) is 4.10. The smallest absolute Gasteiger partial charge is 0.223 e. The van der Waals surface area contributed by atoms with Crippen molar-refractivity contribution in [2.75, 3.05) is 0 Å². The molecule has 4 N–H and O–H groups in total. The summed E-state index contributed by atoms with van der Waals surface area (Å²) < 4.78 is 0. The number of nitrogens with zero attached hydrogens (tertiary/aromatic N) is 1. The molecule has 0 aliphatic carbocycles. The highest BCUT2D eigenvalue weighted by Crippen LogP contribution is 1.92. The van der Waals surface area contributed by atoms with Crippen LogP contribution in [-0.2, 0) is 4.79 Å². The molecular formula is C7H15N3O2. The van der Waals surface area contributed by atoms with Gasteiger partial charge in [0.25, 0.3) is 0 Å². The molecule has 1 amide bonds. The third-order valence-electron chi connectivity index (χ3n) is 1.44. The minimum absolute atomic E-state index is 0.00370. The Morgan fingerprint density at radius 3 is 2.33 bits per heavy atom. The van der Waals surface area contributed by atoms with Crippen LogP contribution in [0.5, 0.6) is 0 Å². The van der Waals surface area contributed by atoms with Gasteiger partial charge in [0.15, 0.2) is 5.84 Å². The van der Waals surface area contributed by atoms with Gasteiger partial charge in [0.1, 0.15) is 0 Å². The fourth-order valence-corrected chi connectivity index (χ4v) is 0.541. The number of nitrogens with two attached hydrogens (primary N) is 1. The van der Waals surface area contributed by atoms with Crippen molar-refractivity contribution in [2.24, 2.45) is 16.8 Å². The Morgan fingerprint density at radius 2 is 2.00 bits per heavy atom. The van der Waals surface area contributed by atoms with E-state index in [9.17, 15) is 4.79 Å². The molecule has 0 aromatic carbocycles. The second-order valence-corrected chi connectivity index (χ2v) is 2.91. The summed E-state index contributed by atoms with van der Waals surface area (Å²) in [6, 6.07) is -0.426. The van der Waals surface area contributed by atoms with E-state index in [4.69, 9.17) is 10.9 Å². The highest BCUT2D eigenvalue weighted by atomic mass is 16.4. The van der Waals surface area contributed by atoms with E-state index >= 15 is 0 Å². The molecule has 0 saturated carbocycles. The summed E-state index contributed by atoms with van der Waals surface area (Å²) in [7, 11) is 0. The van der Waals surface area contributed by atoms with E-state index in [1.165, 1.54) is 0 Å². The molecule has 70 valence electrons. The molecule has 0 radical (unpaired) electrons. The Hall–Kier alpha value is -1.26. The van der Waals surface area contributed by atoms with Gasteiger partial charge in [-0.2, -0.15) is 0 Å². The van der Waals surface area contributed by atoms with Crippen LogP contribution >= 0.6 is 0 Å².